The molecule has 1 N–H and O–H groups in total. The number of esters is 1. The Morgan fingerprint density at radius 1 is 1.22 bits per heavy atom. The number of carboxylic acid groups (broad SMARTS) is 1. The summed E-state index contributed by atoms with van der Waals surface area (Å²) in [6.45, 7) is 5.52. The van der Waals surface area contributed by atoms with Crippen molar-refractivity contribution in [1.82, 2.24) is 4.90 Å². The average molecular weight is 482 g/mol. The van der Waals surface area contributed by atoms with Crippen molar-refractivity contribution < 1.29 is 33.2 Å². The molecule has 1 amide bonds. The molecule has 3 rings (SSSR count). The molecule has 1 unspecified atom stereocenters. The van der Waals surface area contributed by atoms with Crippen LogP contribution in [-0.4, -0.2) is 49.3 Å². The predicted molar refractivity (Wildman–Crippen MR) is 120 cm³/mol. The van der Waals surface area contributed by atoms with E-state index in [9.17, 15) is 23.7 Å². The lowest BCUT2D eigenvalue weighted by Crippen LogP contribution is -2.61. The second-order valence-corrected chi connectivity index (χ2v) is 10.4. The highest BCUT2D eigenvalue weighted by atomic mass is 32.2. The third-order valence-electron chi connectivity index (χ3n) is 5.32. The van der Waals surface area contributed by atoms with Crippen molar-refractivity contribution in [3.8, 4) is 5.75 Å². The topological polar surface area (TPSA) is 110 Å². The van der Waals surface area contributed by atoms with Crippen LogP contribution in [0.15, 0.2) is 39.9 Å². The SMILES string of the molecule is CCCCCC(=O)O[C@H](C)[C@H]1C(=O)N2C(C(=O)O)=C(Oc3ccc(S(=O)CC)cc3)S[C@H]12. The van der Waals surface area contributed by atoms with E-state index in [2.05, 4.69) is 0 Å². The van der Waals surface area contributed by atoms with Crippen molar-refractivity contribution >= 4 is 40.4 Å². The van der Waals surface area contributed by atoms with E-state index in [1.807, 2.05) is 13.8 Å². The zero-order chi connectivity index (χ0) is 23.4. The molecule has 1 saturated heterocycles. The van der Waals surface area contributed by atoms with Gasteiger partial charge in [0.15, 0.2) is 10.8 Å². The maximum Gasteiger partial charge on any atom is 0.357 e. The average Bonchev–Trinajstić information content (AvgIpc) is 3.08. The summed E-state index contributed by atoms with van der Waals surface area (Å²) in [6.07, 6.45) is 2.29. The Balaban J connectivity index is 1.69. The molecule has 2 aliphatic rings. The summed E-state index contributed by atoms with van der Waals surface area (Å²) in [7, 11) is -1.10. The van der Waals surface area contributed by atoms with Gasteiger partial charge in [0.2, 0.25) is 5.91 Å². The Bertz CT molecular complexity index is 944. The van der Waals surface area contributed by atoms with Crippen molar-refractivity contribution in [3.05, 3.63) is 35.1 Å². The fourth-order valence-corrected chi connectivity index (χ4v) is 5.83. The first-order valence-corrected chi connectivity index (χ1v) is 12.8. The van der Waals surface area contributed by atoms with Crippen LogP contribution in [0.5, 0.6) is 5.75 Å². The van der Waals surface area contributed by atoms with Crippen molar-refractivity contribution in [3.63, 3.8) is 0 Å². The first-order valence-electron chi connectivity index (χ1n) is 10.6. The van der Waals surface area contributed by atoms with Gasteiger partial charge >= 0.3 is 11.9 Å². The molecule has 1 aromatic rings. The van der Waals surface area contributed by atoms with Crippen LogP contribution in [0.3, 0.4) is 0 Å². The molecule has 8 nitrogen and oxygen atoms in total. The molecule has 10 heteroatoms. The summed E-state index contributed by atoms with van der Waals surface area (Å²) >= 11 is 1.13. The number of unbranched alkanes of at least 4 members (excludes halogenated alkanes) is 2. The highest BCUT2D eigenvalue weighted by Crippen LogP contribution is 2.51. The highest BCUT2D eigenvalue weighted by molar-refractivity contribution is 8.03. The second kappa shape index (κ2) is 10.5. The van der Waals surface area contributed by atoms with Gasteiger partial charge in [-0.15, -0.1) is 0 Å². The van der Waals surface area contributed by atoms with Gasteiger partial charge in [-0.25, -0.2) is 4.79 Å². The van der Waals surface area contributed by atoms with Crippen LogP contribution in [0, 0.1) is 5.92 Å². The van der Waals surface area contributed by atoms with E-state index in [4.69, 9.17) is 9.47 Å². The fourth-order valence-electron chi connectivity index (χ4n) is 3.60. The van der Waals surface area contributed by atoms with Gasteiger partial charge < -0.3 is 14.6 Å². The van der Waals surface area contributed by atoms with Crippen LogP contribution in [0.2, 0.25) is 0 Å². The molecule has 4 atom stereocenters. The molecule has 0 bridgehead atoms. The molecule has 1 aromatic carbocycles. The normalized spacial score (nSPS) is 21.6. The second-order valence-electron chi connectivity index (χ2n) is 7.54. The monoisotopic (exact) mass is 481 g/mol. The van der Waals surface area contributed by atoms with Crippen molar-refractivity contribution in [2.75, 3.05) is 5.75 Å². The van der Waals surface area contributed by atoms with E-state index >= 15 is 0 Å². The third kappa shape index (κ3) is 5.01. The number of hydrogen-bond donors (Lipinski definition) is 1. The van der Waals surface area contributed by atoms with Crippen molar-refractivity contribution in [2.24, 2.45) is 5.92 Å². The molecule has 0 saturated carbocycles. The van der Waals surface area contributed by atoms with E-state index < -0.39 is 40.1 Å². The molecular weight excluding hydrogens is 454 g/mol. The number of hydrogen-bond acceptors (Lipinski definition) is 7. The first kappa shape index (κ1) is 24.3. The summed E-state index contributed by atoms with van der Waals surface area (Å²) in [6, 6.07) is 6.56. The van der Waals surface area contributed by atoms with E-state index in [1.54, 1.807) is 31.2 Å². The van der Waals surface area contributed by atoms with Gasteiger partial charge in [0.25, 0.3) is 0 Å². The Morgan fingerprint density at radius 3 is 2.50 bits per heavy atom. The maximum absolute atomic E-state index is 12.7. The Labute approximate surface area is 193 Å². The lowest BCUT2D eigenvalue weighted by Gasteiger charge is -2.43. The smallest absolute Gasteiger partial charge is 0.357 e. The fraction of sp³-hybridized carbons (Fsp3) is 0.500. The molecule has 2 aliphatic heterocycles. The Hall–Kier alpha value is -2.33. The molecule has 174 valence electrons. The van der Waals surface area contributed by atoms with Crippen molar-refractivity contribution in [1.29, 1.82) is 0 Å². The number of aliphatic carboxylic acids is 1. The quantitative estimate of drug-likeness (QED) is 0.291. The van der Waals surface area contributed by atoms with E-state index in [1.165, 1.54) is 4.90 Å². The van der Waals surface area contributed by atoms with Crippen LogP contribution in [0.4, 0.5) is 0 Å². The van der Waals surface area contributed by atoms with Gasteiger partial charge in [-0.1, -0.05) is 38.5 Å². The van der Waals surface area contributed by atoms with Crippen LogP contribution < -0.4 is 4.74 Å². The van der Waals surface area contributed by atoms with Gasteiger partial charge in [-0.05, 0) is 37.6 Å². The number of carbonyl (C=O) groups excluding carboxylic acids is 2. The number of thioether (sulfide) groups is 1. The number of benzene rings is 1. The molecular formula is C22H27NO7S2. The van der Waals surface area contributed by atoms with Crippen LogP contribution in [-0.2, 0) is 29.9 Å². The van der Waals surface area contributed by atoms with Gasteiger partial charge in [0.1, 0.15) is 23.1 Å². The number of carbonyl (C=O) groups is 3. The zero-order valence-electron chi connectivity index (χ0n) is 18.2. The number of fused-ring (bicyclic) bond motifs is 1. The summed E-state index contributed by atoms with van der Waals surface area (Å²) in [4.78, 5) is 38.5. The standard InChI is InChI=1S/C22H27NO7S2/c1-4-6-7-8-16(24)29-13(3)17-19(25)23-18(21(26)27)22(31-20(17)23)30-14-9-11-15(12-10-14)32(28)5-2/h9-13,17,20H,4-8H2,1-3H3,(H,26,27)/t13-,17+,20-,32?/m1/s1. The van der Waals surface area contributed by atoms with E-state index in [-0.39, 0.29) is 16.8 Å². The molecule has 32 heavy (non-hydrogen) atoms. The summed E-state index contributed by atoms with van der Waals surface area (Å²) in [5.74, 6) is -1.79. The Morgan fingerprint density at radius 2 is 1.91 bits per heavy atom. The number of nitrogens with zero attached hydrogens (tertiary/aromatic N) is 1. The number of carboxylic acids is 1. The van der Waals surface area contributed by atoms with Gasteiger partial charge in [0, 0.05) is 17.1 Å². The van der Waals surface area contributed by atoms with E-state index in [0.29, 0.717) is 22.8 Å². The molecule has 0 aromatic heterocycles. The predicted octanol–water partition coefficient (Wildman–Crippen LogP) is 3.49. The number of rotatable bonds is 11. The first-order chi connectivity index (χ1) is 15.3. The van der Waals surface area contributed by atoms with Crippen LogP contribution in [0.25, 0.3) is 0 Å². The minimum atomic E-state index is -1.27. The van der Waals surface area contributed by atoms with Gasteiger partial charge in [-0.2, -0.15) is 0 Å². The van der Waals surface area contributed by atoms with E-state index in [0.717, 1.165) is 31.0 Å². The number of ether oxygens (including phenoxy) is 2. The Kier molecular flexibility index (Phi) is 8.00. The largest absolute Gasteiger partial charge is 0.476 e. The number of β-lactam (4-membered cyclic amide) rings is 1. The van der Waals surface area contributed by atoms with Crippen LogP contribution >= 0.6 is 11.8 Å². The lowest BCUT2D eigenvalue weighted by atomic mass is 9.92. The zero-order valence-corrected chi connectivity index (χ0v) is 19.9. The molecule has 2 heterocycles. The van der Waals surface area contributed by atoms with Crippen LogP contribution in [0.1, 0.15) is 46.5 Å². The summed E-state index contributed by atoms with van der Waals surface area (Å²) in [5.41, 5.74) is -0.219. The summed E-state index contributed by atoms with van der Waals surface area (Å²) in [5, 5.41) is 9.27. The maximum atomic E-state index is 12.7. The van der Waals surface area contributed by atoms with Gasteiger partial charge in [0.05, 0.1) is 10.8 Å². The van der Waals surface area contributed by atoms with Gasteiger partial charge in [-0.3, -0.25) is 18.7 Å². The molecule has 0 aliphatic carbocycles. The third-order valence-corrected chi connectivity index (χ3v) is 7.87. The minimum Gasteiger partial charge on any atom is -0.476 e. The molecule has 0 radical (unpaired) electrons. The lowest BCUT2D eigenvalue weighted by molar-refractivity contribution is -0.166. The number of amides is 1. The highest BCUT2D eigenvalue weighted by Gasteiger charge is 2.59. The minimum absolute atomic E-state index is 0.101. The molecule has 1 fully saturated rings. The van der Waals surface area contributed by atoms with Crippen molar-refractivity contribution in [2.45, 2.75) is 62.8 Å². The molecule has 0 spiro atoms. The summed E-state index contributed by atoms with van der Waals surface area (Å²) < 4.78 is 23.1.